The van der Waals surface area contributed by atoms with Crippen LogP contribution in [0.5, 0.6) is 0 Å². The Labute approximate surface area is 80.3 Å². The van der Waals surface area contributed by atoms with Crippen LogP contribution in [0.15, 0.2) is 6.07 Å². The van der Waals surface area contributed by atoms with E-state index in [1.807, 2.05) is 10.3 Å². The molecule has 0 spiro atoms. The van der Waals surface area contributed by atoms with Crippen LogP contribution in [-0.2, 0) is 0 Å². The van der Waals surface area contributed by atoms with E-state index in [0.29, 0.717) is 5.92 Å². The van der Waals surface area contributed by atoms with Gasteiger partial charge in [0.2, 0.25) is 0 Å². The first-order chi connectivity index (χ1) is 5.24. The maximum atomic E-state index is 5.07. The molecule has 0 aliphatic carbocycles. The average molecular weight is 204 g/mol. The van der Waals surface area contributed by atoms with E-state index in [1.165, 1.54) is 17.7 Å². The van der Waals surface area contributed by atoms with Gasteiger partial charge in [-0.2, -0.15) is 0 Å². The summed E-state index contributed by atoms with van der Waals surface area (Å²) >= 11 is 5.07. The second-order valence-corrected chi connectivity index (χ2v) is 5.66. The lowest BCUT2D eigenvalue weighted by molar-refractivity contribution is 0.675. The molecule has 0 saturated heterocycles. The van der Waals surface area contributed by atoms with Crippen molar-refractivity contribution in [1.29, 1.82) is 0 Å². The van der Waals surface area contributed by atoms with Crippen LogP contribution in [0.1, 0.15) is 37.5 Å². The van der Waals surface area contributed by atoms with Gasteiger partial charge in [0.25, 0.3) is 0 Å². The smallest absolute Gasteiger partial charge is 0.0834 e. The lowest BCUT2D eigenvalue weighted by Gasteiger charge is -2.04. The summed E-state index contributed by atoms with van der Waals surface area (Å²) in [6.07, 6.45) is 2.54. The third-order valence-electron chi connectivity index (χ3n) is 1.69. The molecule has 0 saturated carbocycles. The summed E-state index contributed by atoms with van der Waals surface area (Å²) in [6, 6.07) is 2.14. The van der Waals surface area contributed by atoms with Crippen molar-refractivity contribution in [2.24, 2.45) is 0 Å². The van der Waals surface area contributed by atoms with Gasteiger partial charge in [0.05, 0.1) is 0 Å². The van der Waals surface area contributed by atoms with Crippen LogP contribution >= 0.6 is 32.9 Å². The molecule has 62 valence electrons. The molecule has 1 rings (SSSR count). The molecule has 0 aliphatic heterocycles. The second kappa shape index (κ2) is 4.33. The average Bonchev–Trinajstić information content (AvgIpc) is 2.36. The Balaban J connectivity index is 2.68. The first-order valence-corrected chi connectivity index (χ1v) is 6.40. The Hall–Kier alpha value is 0.270. The van der Waals surface area contributed by atoms with Crippen molar-refractivity contribution in [3.8, 4) is 0 Å². The number of rotatable bonds is 3. The zero-order chi connectivity index (χ0) is 8.27. The lowest BCUT2D eigenvalue weighted by atomic mass is 10.1. The number of hydrogen-bond donors (Lipinski definition) is 0. The maximum Gasteiger partial charge on any atom is 0.102 e. The normalized spacial score (nSPS) is 13.3. The molecule has 0 amide bonds. The summed E-state index contributed by atoms with van der Waals surface area (Å²) < 4.78 is 1.04. The zero-order valence-electron chi connectivity index (χ0n) is 6.79. The topological polar surface area (TPSA) is 0 Å². The van der Waals surface area contributed by atoms with Crippen molar-refractivity contribution in [2.75, 3.05) is 0 Å². The van der Waals surface area contributed by atoms with Gasteiger partial charge in [0, 0.05) is 4.88 Å². The Kier molecular flexibility index (Phi) is 3.69. The molecule has 11 heavy (non-hydrogen) atoms. The van der Waals surface area contributed by atoms with Crippen molar-refractivity contribution in [1.82, 2.24) is 0 Å². The Morgan fingerprint density at radius 2 is 2.27 bits per heavy atom. The fraction of sp³-hybridized carbons (Fsp3) is 0.625. The molecule has 0 radical (unpaired) electrons. The van der Waals surface area contributed by atoms with Crippen molar-refractivity contribution in [3.05, 3.63) is 14.8 Å². The van der Waals surface area contributed by atoms with Gasteiger partial charge in [-0.05, 0) is 18.4 Å². The van der Waals surface area contributed by atoms with E-state index in [0.717, 1.165) is 3.82 Å². The minimum Gasteiger partial charge on any atom is -0.0834 e. The van der Waals surface area contributed by atoms with E-state index < -0.39 is 0 Å². The maximum absolute atomic E-state index is 5.07. The van der Waals surface area contributed by atoms with Gasteiger partial charge in [-0.3, -0.25) is 0 Å². The van der Waals surface area contributed by atoms with Gasteiger partial charge in [0.15, 0.2) is 0 Å². The van der Waals surface area contributed by atoms with Gasteiger partial charge >= 0.3 is 0 Å². The van der Waals surface area contributed by atoms with E-state index in [4.69, 9.17) is 12.2 Å². The summed E-state index contributed by atoms with van der Waals surface area (Å²) in [5.41, 5.74) is 0. The highest BCUT2D eigenvalue weighted by Gasteiger charge is 2.05. The van der Waals surface area contributed by atoms with Crippen LogP contribution in [-0.4, -0.2) is 0 Å². The van der Waals surface area contributed by atoms with Crippen molar-refractivity contribution >= 4 is 32.9 Å². The molecule has 1 atom stereocenters. The SMILES string of the molecule is CCCC(C)c1cc(=S)ss1. The molecule has 3 heteroatoms. The molecule has 0 fully saturated rings. The number of hydrogen-bond acceptors (Lipinski definition) is 3. The van der Waals surface area contributed by atoms with Crippen LogP contribution < -0.4 is 0 Å². The van der Waals surface area contributed by atoms with E-state index in [2.05, 4.69) is 19.9 Å². The summed E-state index contributed by atoms with van der Waals surface area (Å²) in [4.78, 5) is 1.46. The second-order valence-electron chi connectivity index (χ2n) is 2.72. The molecular formula is C8H12S3. The Morgan fingerprint density at radius 3 is 2.73 bits per heavy atom. The summed E-state index contributed by atoms with van der Waals surface area (Å²) in [5, 5.41) is 0. The van der Waals surface area contributed by atoms with E-state index in [1.54, 1.807) is 10.3 Å². The highest BCUT2D eigenvalue weighted by molar-refractivity contribution is 7.79. The molecule has 0 nitrogen and oxygen atoms in total. The fourth-order valence-electron chi connectivity index (χ4n) is 1.05. The quantitative estimate of drug-likeness (QED) is 0.518. The molecule has 1 heterocycles. The predicted molar refractivity (Wildman–Crippen MR) is 56.4 cm³/mol. The Bertz CT molecular complexity index is 258. The highest BCUT2D eigenvalue weighted by atomic mass is 32.9. The third-order valence-corrected chi connectivity index (χ3v) is 4.82. The van der Waals surface area contributed by atoms with Crippen LogP contribution in [0.2, 0.25) is 0 Å². The first kappa shape index (κ1) is 9.36. The van der Waals surface area contributed by atoms with E-state index in [9.17, 15) is 0 Å². The molecule has 0 bridgehead atoms. The van der Waals surface area contributed by atoms with Crippen molar-refractivity contribution < 1.29 is 0 Å². The molecular weight excluding hydrogens is 192 g/mol. The third kappa shape index (κ3) is 2.65. The van der Waals surface area contributed by atoms with Gasteiger partial charge in [-0.1, -0.05) is 53.2 Å². The molecule has 0 aliphatic rings. The summed E-state index contributed by atoms with van der Waals surface area (Å²) in [5.74, 6) is 0.706. The van der Waals surface area contributed by atoms with Gasteiger partial charge in [-0.15, -0.1) is 0 Å². The van der Waals surface area contributed by atoms with Gasteiger partial charge in [-0.25, -0.2) is 0 Å². The summed E-state index contributed by atoms with van der Waals surface area (Å²) in [6.45, 7) is 4.50. The summed E-state index contributed by atoms with van der Waals surface area (Å²) in [7, 11) is 3.55. The van der Waals surface area contributed by atoms with E-state index in [-0.39, 0.29) is 0 Å². The van der Waals surface area contributed by atoms with Crippen LogP contribution in [0.4, 0.5) is 0 Å². The minimum absolute atomic E-state index is 0.706. The first-order valence-electron chi connectivity index (χ1n) is 3.84. The monoisotopic (exact) mass is 204 g/mol. The molecule has 1 unspecified atom stereocenters. The lowest BCUT2D eigenvalue weighted by Crippen LogP contribution is -1.87. The van der Waals surface area contributed by atoms with Crippen molar-refractivity contribution in [2.45, 2.75) is 32.6 Å². The van der Waals surface area contributed by atoms with Crippen LogP contribution in [0, 0.1) is 3.82 Å². The standard InChI is InChI=1S/C8H12S3/c1-3-4-6(2)7-5-8(9)11-10-7/h5-6H,3-4H2,1-2H3. The zero-order valence-corrected chi connectivity index (χ0v) is 9.24. The van der Waals surface area contributed by atoms with Crippen molar-refractivity contribution in [3.63, 3.8) is 0 Å². The fourth-order valence-corrected chi connectivity index (χ4v) is 3.75. The minimum atomic E-state index is 0.706. The Morgan fingerprint density at radius 1 is 1.55 bits per heavy atom. The highest BCUT2D eigenvalue weighted by Crippen LogP contribution is 2.28. The van der Waals surface area contributed by atoms with Gasteiger partial charge in [0.1, 0.15) is 3.82 Å². The molecule has 1 aromatic rings. The molecule has 0 N–H and O–H groups in total. The predicted octanol–water partition coefficient (Wildman–Crippen LogP) is 4.44. The molecule has 0 aromatic carbocycles. The van der Waals surface area contributed by atoms with Crippen LogP contribution in [0.3, 0.4) is 0 Å². The largest absolute Gasteiger partial charge is 0.102 e. The molecule has 1 aromatic heterocycles. The van der Waals surface area contributed by atoms with E-state index >= 15 is 0 Å². The van der Waals surface area contributed by atoms with Crippen LogP contribution in [0.25, 0.3) is 0 Å². The van der Waals surface area contributed by atoms with Gasteiger partial charge < -0.3 is 0 Å².